The van der Waals surface area contributed by atoms with Gasteiger partial charge in [-0.05, 0) is 30.7 Å². The number of aliphatic hydroxyl groups is 1. The summed E-state index contributed by atoms with van der Waals surface area (Å²) in [4.78, 5) is 11.7. The second-order valence-corrected chi connectivity index (χ2v) is 5.42. The van der Waals surface area contributed by atoms with Crippen molar-refractivity contribution >= 4 is 29.1 Å². The predicted octanol–water partition coefficient (Wildman–Crippen LogP) is 3.21. The summed E-state index contributed by atoms with van der Waals surface area (Å²) in [6, 6.07) is 6.44. The fourth-order valence-electron chi connectivity index (χ4n) is 1.77. The normalized spacial score (nSPS) is 12.0. The quantitative estimate of drug-likeness (QED) is 0.809. The third-order valence-electron chi connectivity index (χ3n) is 2.92. The van der Waals surface area contributed by atoms with Gasteiger partial charge in [0.2, 0.25) is 0 Å². The molecule has 5 nitrogen and oxygen atoms in total. The Labute approximate surface area is 137 Å². The van der Waals surface area contributed by atoms with Crippen molar-refractivity contribution in [3.8, 4) is 5.75 Å². The molecular weight excluding hydrogens is 329 g/mol. The van der Waals surface area contributed by atoms with E-state index in [9.17, 15) is 9.90 Å². The molecule has 22 heavy (non-hydrogen) atoms. The number of halogens is 2. The summed E-state index contributed by atoms with van der Waals surface area (Å²) < 4.78 is 10.2. The van der Waals surface area contributed by atoms with Crippen molar-refractivity contribution in [1.29, 1.82) is 0 Å². The summed E-state index contributed by atoms with van der Waals surface area (Å²) in [5.41, 5.74) is 0.679. The van der Waals surface area contributed by atoms with E-state index in [-0.39, 0.29) is 12.5 Å². The van der Waals surface area contributed by atoms with Crippen LogP contribution in [0.25, 0.3) is 0 Å². The second-order valence-electron chi connectivity index (χ2n) is 4.57. The minimum Gasteiger partial charge on any atom is -0.482 e. The number of furan rings is 1. The van der Waals surface area contributed by atoms with E-state index in [1.807, 2.05) is 0 Å². The molecule has 1 atom stereocenters. The van der Waals surface area contributed by atoms with Crippen LogP contribution >= 0.6 is 23.2 Å². The van der Waals surface area contributed by atoms with E-state index in [2.05, 4.69) is 5.32 Å². The van der Waals surface area contributed by atoms with Gasteiger partial charge in [-0.2, -0.15) is 0 Å². The maximum atomic E-state index is 11.7. The first-order valence-corrected chi connectivity index (χ1v) is 7.36. The molecule has 0 unspecified atom stereocenters. The standard InChI is InChI=1S/C15H15Cl2NO4/c16-11-1-2-14(12(17)7-11)22-9-15(20)18-5-3-13(19)10-4-6-21-8-10/h1-2,4,6-8,13,19H,3,5,9H2,(H,18,20)/t13-/m0/s1. The van der Waals surface area contributed by atoms with Crippen LogP contribution in [0.15, 0.2) is 41.2 Å². The number of amides is 1. The lowest BCUT2D eigenvalue weighted by atomic mass is 10.1. The van der Waals surface area contributed by atoms with Gasteiger partial charge in [0.1, 0.15) is 5.75 Å². The van der Waals surface area contributed by atoms with Gasteiger partial charge in [-0.1, -0.05) is 23.2 Å². The molecule has 2 N–H and O–H groups in total. The molecule has 0 radical (unpaired) electrons. The number of ether oxygens (including phenoxy) is 1. The molecular formula is C15H15Cl2NO4. The van der Waals surface area contributed by atoms with Gasteiger partial charge in [0.15, 0.2) is 6.61 Å². The largest absolute Gasteiger partial charge is 0.482 e. The first kappa shape index (κ1) is 16.7. The number of hydrogen-bond acceptors (Lipinski definition) is 4. The van der Waals surface area contributed by atoms with Gasteiger partial charge in [-0.15, -0.1) is 0 Å². The number of hydrogen-bond donors (Lipinski definition) is 2. The number of benzene rings is 1. The summed E-state index contributed by atoms with van der Waals surface area (Å²) in [6.07, 6.45) is 2.66. The lowest BCUT2D eigenvalue weighted by molar-refractivity contribution is -0.123. The Balaban J connectivity index is 1.70. The lowest BCUT2D eigenvalue weighted by Crippen LogP contribution is -2.30. The van der Waals surface area contributed by atoms with Gasteiger partial charge in [0.05, 0.1) is 23.7 Å². The highest BCUT2D eigenvalue weighted by atomic mass is 35.5. The lowest BCUT2D eigenvalue weighted by Gasteiger charge is -2.11. The summed E-state index contributed by atoms with van der Waals surface area (Å²) in [5.74, 6) is 0.0880. The second kappa shape index (κ2) is 8.08. The maximum Gasteiger partial charge on any atom is 0.257 e. The third-order valence-corrected chi connectivity index (χ3v) is 3.45. The smallest absolute Gasteiger partial charge is 0.257 e. The molecule has 0 aliphatic carbocycles. The molecule has 0 aliphatic rings. The minimum absolute atomic E-state index is 0.164. The van der Waals surface area contributed by atoms with Gasteiger partial charge in [0.25, 0.3) is 5.91 Å². The van der Waals surface area contributed by atoms with E-state index in [1.165, 1.54) is 18.6 Å². The van der Waals surface area contributed by atoms with Crippen LogP contribution in [-0.4, -0.2) is 24.2 Å². The van der Waals surface area contributed by atoms with Crippen LogP contribution in [0.2, 0.25) is 10.0 Å². The Hall–Kier alpha value is -1.69. The number of rotatable bonds is 7. The van der Waals surface area contributed by atoms with Crippen molar-refractivity contribution in [2.75, 3.05) is 13.2 Å². The third kappa shape index (κ3) is 4.94. The molecule has 0 saturated carbocycles. The van der Waals surface area contributed by atoms with Crippen LogP contribution < -0.4 is 10.1 Å². The molecule has 118 valence electrons. The topological polar surface area (TPSA) is 71.7 Å². The maximum absolute atomic E-state index is 11.7. The minimum atomic E-state index is -0.675. The van der Waals surface area contributed by atoms with Gasteiger partial charge in [-0.25, -0.2) is 0 Å². The number of aliphatic hydroxyl groups excluding tert-OH is 1. The highest BCUT2D eigenvalue weighted by Gasteiger charge is 2.10. The molecule has 0 spiro atoms. The van der Waals surface area contributed by atoms with E-state index in [0.717, 1.165) is 0 Å². The molecule has 1 aromatic carbocycles. The van der Waals surface area contributed by atoms with Gasteiger partial charge >= 0.3 is 0 Å². The monoisotopic (exact) mass is 343 g/mol. The molecule has 0 aliphatic heterocycles. The number of nitrogens with one attached hydrogen (secondary N) is 1. The number of carbonyl (C=O) groups excluding carboxylic acids is 1. The fourth-order valence-corrected chi connectivity index (χ4v) is 2.23. The van der Waals surface area contributed by atoms with Crippen LogP contribution in [0.4, 0.5) is 0 Å². The molecule has 0 bridgehead atoms. The first-order chi connectivity index (χ1) is 10.6. The Bertz CT molecular complexity index is 616. The molecule has 0 fully saturated rings. The SMILES string of the molecule is O=C(COc1ccc(Cl)cc1Cl)NCC[C@H](O)c1ccoc1. The van der Waals surface area contributed by atoms with Crippen molar-refractivity contribution < 1.29 is 19.1 Å². The van der Waals surface area contributed by atoms with Crippen LogP contribution in [0.5, 0.6) is 5.75 Å². The van der Waals surface area contributed by atoms with E-state index < -0.39 is 6.10 Å². The zero-order valence-electron chi connectivity index (χ0n) is 11.6. The molecule has 2 rings (SSSR count). The summed E-state index contributed by atoms with van der Waals surface area (Å²) in [7, 11) is 0. The fraction of sp³-hybridized carbons (Fsp3) is 0.267. The number of carbonyl (C=O) groups is 1. The average Bonchev–Trinajstić information content (AvgIpc) is 3.00. The van der Waals surface area contributed by atoms with Gasteiger partial charge < -0.3 is 19.6 Å². The molecule has 1 heterocycles. The molecule has 2 aromatic rings. The van der Waals surface area contributed by atoms with E-state index in [4.69, 9.17) is 32.4 Å². The van der Waals surface area contributed by atoms with E-state index in [1.54, 1.807) is 18.2 Å². The van der Waals surface area contributed by atoms with Crippen LogP contribution in [0.3, 0.4) is 0 Å². The Morgan fingerprint density at radius 1 is 1.36 bits per heavy atom. The zero-order valence-corrected chi connectivity index (χ0v) is 13.1. The predicted molar refractivity (Wildman–Crippen MR) is 83.3 cm³/mol. The van der Waals surface area contributed by atoms with Crippen molar-refractivity contribution in [2.45, 2.75) is 12.5 Å². The van der Waals surface area contributed by atoms with Crippen LogP contribution in [-0.2, 0) is 4.79 Å². The highest BCUT2D eigenvalue weighted by molar-refractivity contribution is 6.35. The van der Waals surface area contributed by atoms with Crippen molar-refractivity contribution in [2.24, 2.45) is 0 Å². The van der Waals surface area contributed by atoms with Crippen LogP contribution in [0, 0.1) is 0 Å². The molecule has 0 saturated heterocycles. The van der Waals surface area contributed by atoms with Crippen molar-refractivity contribution in [1.82, 2.24) is 5.32 Å². The Morgan fingerprint density at radius 2 is 2.18 bits per heavy atom. The van der Waals surface area contributed by atoms with Crippen molar-refractivity contribution in [3.05, 3.63) is 52.4 Å². The van der Waals surface area contributed by atoms with E-state index >= 15 is 0 Å². The Morgan fingerprint density at radius 3 is 2.86 bits per heavy atom. The van der Waals surface area contributed by atoms with Gasteiger partial charge in [0, 0.05) is 17.1 Å². The summed E-state index contributed by atoms with van der Waals surface area (Å²) in [6.45, 7) is 0.159. The molecule has 7 heteroatoms. The summed E-state index contributed by atoms with van der Waals surface area (Å²) >= 11 is 11.7. The first-order valence-electron chi connectivity index (χ1n) is 6.61. The van der Waals surface area contributed by atoms with Gasteiger partial charge in [-0.3, -0.25) is 4.79 Å². The van der Waals surface area contributed by atoms with E-state index in [0.29, 0.717) is 34.3 Å². The highest BCUT2D eigenvalue weighted by Crippen LogP contribution is 2.27. The van der Waals surface area contributed by atoms with Crippen LogP contribution in [0.1, 0.15) is 18.1 Å². The summed E-state index contributed by atoms with van der Waals surface area (Å²) in [5, 5.41) is 13.3. The molecule has 1 amide bonds. The zero-order chi connectivity index (χ0) is 15.9. The van der Waals surface area contributed by atoms with Crippen molar-refractivity contribution in [3.63, 3.8) is 0 Å². The molecule has 1 aromatic heterocycles. The average molecular weight is 344 g/mol. The Kier molecular flexibility index (Phi) is 6.12.